The molecule has 0 fully saturated rings. The maximum absolute atomic E-state index is 10.8. The number of pyridine rings is 1. The van der Waals surface area contributed by atoms with E-state index in [0.29, 0.717) is 30.1 Å². The molecule has 0 saturated carbocycles. The van der Waals surface area contributed by atoms with Gasteiger partial charge >= 0.3 is 0 Å². The Labute approximate surface area is 150 Å². The van der Waals surface area contributed by atoms with E-state index in [1.165, 1.54) is 4.52 Å². The number of rotatable bonds is 6. The van der Waals surface area contributed by atoms with Gasteiger partial charge in [-0.3, -0.25) is 4.79 Å². The molecule has 0 aromatic carbocycles. The number of aromatic nitrogens is 4. The first-order chi connectivity index (χ1) is 12.6. The van der Waals surface area contributed by atoms with Gasteiger partial charge in [0.2, 0.25) is 0 Å². The number of carbonyl (C=O) groups excluding carboxylic acids is 1. The number of anilines is 2. The quantitative estimate of drug-likeness (QED) is 0.652. The van der Waals surface area contributed by atoms with Crippen molar-refractivity contribution in [1.29, 1.82) is 5.26 Å². The van der Waals surface area contributed by atoms with Crippen LogP contribution in [0.4, 0.5) is 11.6 Å². The molecule has 0 spiro atoms. The van der Waals surface area contributed by atoms with Crippen LogP contribution in [0.5, 0.6) is 0 Å². The molecule has 0 saturated heterocycles. The summed E-state index contributed by atoms with van der Waals surface area (Å²) in [5.74, 6) is 0.697. The van der Waals surface area contributed by atoms with Gasteiger partial charge in [0.15, 0.2) is 11.9 Å². The number of carbonyl (C=O) groups is 1. The van der Waals surface area contributed by atoms with Crippen LogP contribution in [0.1, 0.15) is 39.9 Å². The van der Waals surface area contributed by atoms with Gasteiger partial charge in [-0.05, 0) is 25.5 Å². The molecule has 3 aromatic heterocycles. The van der Waals surface area contributed by atoms with Crippen LogP contribution in [0.15, 0.2) is 18.2 Å². The van der Waals surface area contributed by atoms with E-state index >= 15 is 0 Å². The molecule has 0 aliphatic carbocycles. The molecular formula is C18H19N7O. The van der Waals surface area contributed by atoms with Crippen molar-refractivity contribution in [3.8, 4) is 6.07 Å². The molecule has 8 heteroatoms. The highest BCUT2D eigenvalue weighted by atomic mass is 16.1. The minimum absolute atomic E-state index is 0.261. The summed E-state index contributed by atoms with van der Waals surface area (Å²) >= 11 is 0. The van der Waals surface area contributed by atoms with Crippen LogP contribution in [-0.2, 0) is 12.8 Å². The van der Waals surface area contributed by atoms with Crippen LogP contribution >= 0.6 is 0 Å². The fraction of sp³-hybridized carbons (Fsp3) is 0.278. The summed E-state index contributed by atoms with van der Waals surface area (Å²) in [4.78, 5) is 19.6. The zero-order valence-corrected chi connectivity index (χ0v) is 14.7. The number of nitrogens with two attached hydrogens (primary N) is 1. The second-order valence-electron chi connectivity index (χ2n) is 5.83. The minimum atomic E-state index is 0.261. The molecule has 0 aliphatic heterocycles. The largest absolute Gasteiger partial charge is 0.382 e. The third-order valence-electron chi connectivity index (χ3n) is 4.18. The molecule has 0 unspecified atom stereocenters. The standard InChI is InChI=1S/C18H19N7O/c1-3-14-11(2)24-25-16(20)15(9-19)17(23-18(14)25)21-8-7-12-5-4-6-13(10-26)22-12/h4-6,10H,3,7-8,20H2,1-2H3,(H,21,23). The summed E-state index contributed by atoms with van der Waals surface area (Å²) in [6.07, 6.45) is 2.07. The van der Waals surface area contributed by atoms with E-state index in [1.807, 2.05) is 19.9 Å². The van der Waals surface area contributed by atoms with Gasteiger partial charge in [0, 0.05) is 24.2 Å². The average molecular weight is 349 g/mol. The Morgan fingerprint density at radius 3 is 2.88 bits per heavy atom. The van der Waals surface area contributed by atoms with Gasteiger partial charge in [-0.15, -0.1) is 0 Å². The third-order valence-corrected chi connectivity index (χ3v) is 4.18. The lowest BCUT2D eigenvalue weighted by Crippen LogP contribution is -2.13. The zero-order chi connectivity index (χ0) is 18.7. The monoisotopic (exact) mass is 349 g/mol. The van der Waals surface area contributed by atoms with Crippen LogP contribution in [-0.4, -0.2) is 32.4 Å². The van der Waals surface area contributed by atoms with Crippen molar-refractivity contribution in [2.45, 2.75) is 26.7 Å². The lowest BCUT2D eigenvalue weighted by Gasteiger charge is -2.10. The first-order valence-electron chi connectivity index (χ1n) is 8.31. The van der Waals surface area contributed by atoms with Crippen molar-refractivity contribution in [3.63, 3.8) is 0 Å². The van der Waals surface area contributed by atoms with Crippen molar-refractivity contribution in [1.82, 2.24) is 19.6 Å². The lowest BCUT2D eigenvalue weighted by molar-refractivity contribution is 0.111. The molecular weight excluding hydrogens is 330 g/mol. The second kappa shape index (κ2) is 7.19. The van der Waals surface area contributed by atoms with E-state index in [1.54, 1.807) is 12.1 Å². The Hall–Kier alpha value is -3.47. The number of aldehydes is 1. The van der Waals surface area contributed by atoms with Crippen molar-refractivity contribution >= 4 is 23.6 Å². The van der Waals surface area contributed by atoms with Gasteiger partial charge in [-0.1, -0.05) is 13.0 Å². The molecule has 26 heavy (non-hydrogen) atoms. The Kier molecular flexibility index (Phi) is 4.80. The van der Waals surface area contributed by atoms with Crippen LogP contribution in [0, 0.1) is 18.3 Å². The van der Waals surface area contributed by atoms with Crippen LogP contribution in [0.25, 0.3) is 5.65 Å². The Balaban J connectivity index is 1.89. The van der Waals surface area contributed by atoms with Gasteiger partial charge in [0.25, 0.3) is 0 Å². The molecule has 3 heterocycles. The highest BCUT2D eigenvalue weighted by molar-refractivity contribution is 5.71. The summed E-state index contributed by atoms with van der Waals surface area (Å²) in [5, 5.41) is 17.0. The molecule has 0 aliphatic rings. The summed E-state index contributed by atoms with van der Waals surface area (Å²) in [5.41, 5.74) is 10.1. The van der Waals surface area contributed by atoms with Crippen molar-refractivity contribution in [2.24, 2.45) is 0 Å². The predicted molar refractivity (Wildman–Crippen MR) is 98.0 cm³/mol. The molecule has 8 nitrogen and oxygen atoms in total. The highest BCUT2D eigenvalue weighted by Crippen LogP contribution is 2.24. The summed E-state index contributed by atoms with van der Waals surface area (Å²) in [7, 11) is 0. The summed E-state index contributed by atoms with van der Waals surface area (Å²) < 4.78 is 1.52. The van der Waals surface area contributed by atoms with Crippen LogP contribution in [0.3, 0.4) is 0 Å². The number of hydrogen-bond acceptors (Lipinski definition) is 7. The molecule has 132 valence electrons. The number of aryl methyl sites for hydroxylation is 2. The van der Waals surface area contributed by atoms with E-state index in [9.17, 15) is 10.1 Å². The minimum Gasteiger partial charge on any atom is -0.382 e. The molecule has 0 atom stereocenters. The van der Waals surface area contributed by atoms with E-state index in [4.69, 9.17) is 5.73 Å². The molecule has 3 aromatic rings. The zero-order valence-electron chi connectivity index (χ0n) is 14.7. The maximum Gasteiger partial charge on any atom is 0.168 e. The van der Waals surface area contributed by atoms with Crippen molar-refractivity contribution in [3.05, 3.63) is 46.4 Å². The first kappa shape index (κ1) is 17.4. The Morgan fingerprint density at radius 2 is 2.19 bits per heavy atom. The third kappa shape index (κ3) is 3.07. The van der Waals surface area contributed by atoms with E-state index in [0.717, 1.165) is 29.7 Å². The normalized spacial score (nSPS) is 10.7. The number of hydrogen-bond donors (Lipinski definition) is 2. The van der Waals surface area contributed by atoms with Crippen molar-refractivity contribution in [2.75, 3.05) is 17.6 Å². The maximum atomic E-state index is 10.8. The molecule has 3 rings (SSSR count). The Morgan fingerprint density at radius 1 is 1.38 bits per heavy atom. The van der Waals surface area contributed by atoms with Gasteiger partial charge in [0.1, 0.15) is 29.0 Å². The number of nitriles is 1. The van der Waals surface area contributed by atoms with Crippen LogP contribution < -0.4 is 11.1 Å². The van der Waals surface area contributed by atoms with Gasteiger partial charge in [0.05, 0.1) is 5.69 Å². The lowest BCUT2D eigenvalue weighted by atomic mass is 10.2. The molecule has 0 bridgehead atoms. The van der Waals surface area contributed by atoms with Crippen molar-refractivity contribution < 1.29 is 4.79 Å². The fourth-order valence-electron chi connectivity index (χ4n) is 2.88. The Bertz CT molecular complexity index is 1020. The van der Waals surface area contributed by atoms with Gasteiger partial charge in [-0.25, -0.2) is 9.97 Å². The summed E-state index contributed by atoms with van der Waals surface area (Å²) in [6, 6.07) is 7.39. The average Bonchev–Trinajstić information content (AvgIpc) is 2.97. The molecule has 3 N–H and O–H groups in total. The number of nitrogens with zero attached hydrogens (tertiary/aromatic N) is 5. The number of nitrogen functional groups attached to an aromatic ring is 1. The molecule has 0 amide bonds. The van der Waals surface area contributed by atoms with Gasteiger partial charge in [-0.2, -0.15) is 14.9 Å². The smallest absolute Gasteiger partial charge is 0.168 e. The number of nitrogens with one attached hydrogen (secondary N) is 1. The van der Waals surface area contributed by atoms with Crippen LogP contribution in [0.2, 0.25) is 0 Å². The van der Waals surface area contributed by atoms with Gasteiger partial charge < -0.3 is 11.1 Å². The summed E-state index contributed by atoms with van der Waals surface area (Å²) in [6.45, 7) is 4.43. The topological polar surface area (TPSA) is 122 Å². The predicted octanol–water partition coefficient (Wildman–Crippen LogP) is 1.92. The fourth-order valence-corrected chi connectivity index (χ4v) is 2.88. The first-order valence-corrected chi connectivity index (χ1v) is 8.31. The van der Waals surface area contributed by atoms with E-state index in [2.05, 4.69) is 26.5 Å². The van der Waals surface area contributed by atoms with E-state index in [-0.39, 0.29) is 11.4 Å². The molecule has 0 radical (unpaired) electrons. The number of fused-ring (bicyclic) bond motifs is 1. The second-order valence-corrected chi connectivity index (χ2v) is 5.83. The highest BCUT2D eigenvalue weighted by Gasteiger charge is 2.18. The van der Waals surface area contributed by atoms with E-state index < -0.39 is 0 Å². The SMILES string of the molecule is CCc1c(C)nn2c(N)c(C#N)c(NCCc3cccc(C=O)n3)nc12.